The molecule has 0 unspecified atom stereocenters. The quantitative estimate of drug-likeness (QED) is 0.101. The zero-order chi connectivity index (χ0) is 24.5. The maximum atomic E-state index is 12.5. The van der Waals surface area contributed by atoms with Gasteiger partial charge in [0, 0.05) is 21.4 Å². The molecule has 0 saturated carbocycles. The molecule has 3 rings (SSSR count). The minimum atomic E-state index is -0.485. The van der Waals surface area contributed by atoms with Crippen LogP contribution in [0.5, 0.6) is 11.5 Å². The molecule has 1 heterocycles. The monoisotopic (exact) mass is 592 g/mol. The van der Waals surface area contributed by atoms with Gasteiger partial charge in [0.05, 0.1) is 25.1 Å². The lowest BCUT2D eigenvalue weighted by Gasteiger charge is -2.12. The number of nitrogens with one attached hydrogen (secondary N) is 2. The number of aromatic nitrogens is 3. The number of hydrazone groups is 1. The Kier molecular flexibility index (Phi) is 9.33. The number of carbonyl (C=O) groups is 1. The van der Waals surface area contributed by atoms with Crippen LogP contribution in [0.3, 0.4) is 0 Å². The Morgan fingerprint density at radius 3 is 2.79 bits per heavy atom. The predicted molar refractivity (Wildman–Crippen MR) is 142 cm³/mol. The number of allylic oxidation sites excluding steroid dienone is 1. The molecule has 0 aliphatic carbocycles. The van der Waals surface area contributed by atoms with Gasteiger partial charge in [-0.3, -0.25) is 4.79 Å². The summed E-state index contributed by atoms with van der Waals surface area (Å²) in [6, 6.07) is 13.1. The SMILES string of the molecule is C=CCn1c(CNc2ccc(I)cc2)nnc1S[C@@H](C)C(=O)N/N=C/c1cccc(OC)c1O. The summed E-state index contributed by atoms with van der Waals surface area (Å²) in [5.41, 5.74) is 3.90. The summed E-state index contributed by atoms with van der Waals surface area (Å²) in [7, 11) is 1.46. The third kappa shape index (κ3) is 6.73. The van der Waals surface area contributed by atoms with E-state index in [2.05, 4.69) is 55.2 Å². The van der Waals surface area contributed by atoms with Crippen molar-refractivity contribution in [1.29, 1.82) is 0 Å². The summed E-state index contributed by atoms with van der Waals surface area (Å²) in [4.78, 5) is 12.5. The average molecular weight is 592 g/mol. The van der Waals surface area contributed by atoms with Gasteiger partial charge in [-0.15, -0.1) is 16.8 Å². The third-order valence-electron chi connectivity index (χ3n) is 4.68. The van der Waals surface area contributed by atoms with Crippen molar-refractivity contribution in [2.75, 3.05) is 12.4 Å². The standard InChI is InChI=1S/C23H25IN6O3S/c1-4-12-30-20(14-25-18-10-8-17(24)9-11-18)27-29-23(30)34-15(2)22(32)28-26-13-16-6-5-7-19(33-3)21(16)31/h4-11,13,15,25,31H,1,12,14H2,2-3H3,(H,28,32)/b26-13+/t15-/m0/s1. The van der Waals surface area contributed by atoms with Crippen LogP contribution in [0.15, 0.2) is 65.4 Å². The fourth-order valence-electron chi connectivity index (χ4n) is 2.87. The first kappa shape index (κ1) is 25.6. The van der Waals surface area contributed by atoms with E-state index in [9.17, 15) is 9.90 Å². The zero-order valence-electron chi connectivity index (χ0n) is 18.7. The largest absolute Gasteiger partial charge is 0.504 e. The van der Waals surface area contributed by atoms with Crippen LogP contribution in [0.25, 0.3) is 0 Å². The minimum absolute atomic E-state index is 0.0469. The minimum Gasteiger partial charge on any atom is -0.504 e. The number of hydrogen-bond acceptors (Lipinski definition) is 8. The van der Waals surface area contributed by atoms with Crippen LogP contribution in [0.4, 0.5) is 5.69 Å². The van der Waals surface area contributed by atoms with Crippen molar-refractivity contribution in [2.24, 2.45) is 5.10 Å². The molecule has 34 heavy (non-hydrogen) atoms. The van der Waals surface area contributed by atoms with Gasteiger partial charge >= 0.3 is 0 Å². The molecule has 1 aromatic heterocycles. The Morgan fingerprint density at radius 2 is 2.09 bits per heavy atom. The van der Waals surface area contributed by atoms with E-state index in [-0.39, 0.29) is 11.7 Å². The van der Waals surface area contributed by atoms with Crippen molar-refractivity contribution < 1.29 is 14.6 Å². The number of anilines is 1. The van der Waals surface area contributed by atoms with E-state index in [1.165, 1.54) is 25.1 Å². The Hall–Kier alpha value is -3.06. The second-order valence-electron chi connectivity index (χ2n) is 7.05. The maximum Gasteiger partial charge on any atom is 0.253 e. The lowest BCUT2D eigenvalue weighted by atomic mass is 10.2. The number of halogens is 1. The number of ether oxygens (including phenoxy) is 1. The summed E-state index contributed by atoms with van der Waals surface area (Å²) in [5, 5.41) is 26.1. The van der Waals surface area contributed by atoms with Crippen molar-refractivity contribution in [3.05, 3.63) is 70.1 Å². The van der Waals surface area contributed by atoms with Gasteiger partial charge < -0.3 is 19.7 Å². The van der Waals surface area contributed by atoms with Crippen LogP contribution >= 0.6 is 34.4 Å². The molecule has 3 N–H and O–H groups in total. The van der Waals surface area contributed by atoms with Crippen LogP contribution in [-0.4, -0.2) is 44.4 Å². The number of phenols is 1. The first-order chi connectivity index (χ1) is 16.4. The smallest absolute Gasteiger partial charge is 0.253 e. The molecule has 0 spiro atoms. The topological polar surface area (TPSA) is 114 Å². The third-order valence-corrected chi connectivity index (χ3v) is 6.48. The summed E-state index contributed by atoms with van der Waals surface area (Å²) in [6.07, 6.45) is 3.12. The van der Waals surface area contributed by atoms with Crippen LogP contribution in [0, 0.1) is 3.57 Å². The van der Waals surface area contributed by atoms with E-state index in [1.807, 2.05) is 28.8 Å². The summed E-state index contributed by atoms with van der Waals surface area (Å²) in [6.45, 7) is 6.57. The first-order valence-corrected chi connectivity index (χ1v) is 12.3. The van der Waals surface area contributed by atoms with E-state index in [0.717, 1.165) is 15.1 Å². The number of nitrogens with zero attached hydrogens (tertiary/aromatic N) is 4. The molecule has 3 aromatic rings. The molecule has 1 atom stereocenters. The average Bonchev–Trinajstić information content (AvgIpc) is 3.21. The predicted octanol–water partition coefficient (Wildman–Crippen LogP) is 4.03. The van der Waals surface area contributed by atoms with Gasteiger partial charge in [-0.1, -0.05) is 23.9 Å². The molecule has 9 nitrogen and oxygen atoms in total. The van der Waals surface area contributed by atoms with Gasteiger partial charge in [-0.2, -0.15) is 5.10 Å². The Morgan fingerprint density at radius 1 is 1.32 bits per heavy atom. The molecule has 2 aromatic carbocycles. The highest BCUT2D eigenvalue weighted by atomic mass is 127. The van der Waals surface area contributed by atoms with Crippen molar-refractivity contribution >= 4 is 52.2 Å². The van der Waals surface area contributed by atoms with E-state index in [1.54, 1.807) is 31.2 Å². The van der Waals surface area contributed by atoms with E-state index >= 15 is 0 Å². The number of methoxy groups -OCH3 is 1. The van der Waals surface area contributed by atoms with E-state index < -0.39 is 5.25 Å². The molecule has 11 heteroatoms. The number of hydrogen-bond donors (Lipinski definition) is 3. The molecular formula is C23H25IN6O3S. The molecule has 0 fully saturated rings. The Bertz CT molecular complexity index is 1170. The van der Waals surface area contributed by atoms with E-state index in [4.69, 9.17) is 4.74 Å². The van der Waals surface area contributed by atoms with Gasteiger partial charge in [-0.05, 0) is 65.9 Å². The number of rotatable bonds is 11. The van der Waals surface area contributed by atoms with Crippen molar-refractivity contribution in [1.82, 2.24) is 20.2 Å². The molecule has 1 amide bonds. The Balaban J connectivity index is 1.61. The summed E-state index contributed by atoms with van der Waals surface area (Å²) in [5.74, 6) is 0.706. The number of thioether (sulfide) groups is 1. The first-order valence-electron chi connectivity index (χ1n) is 10.3. The zero-order valence-corrected chi connectivity index (χ0v) is 21.7. The lowest BCUT2D eigenvalue weighted by Crippen LogP contribution is -2.27. The van der Waals surface area contributed by atoms with Crippen LogP contribution < -0.4 is 15.5 Å². The van der Waals surface area contributed by atoms with Gasteiger partial charge in [0.1, 0.15) is 0 Å². The molecule has 0 saturated heterocycles. The van der Waals surface area contributed by atoms with Crippen molar-refractivity contribution in [3.8, 4) is 11.5 Å². The van der Waals surface area contributed by atoms with Gasteiger partial charge in [0.2, 0.25) is 0 Å². The number of aromatic hydroxyl groups is 1. The van der Waals surface area contributed by atoms with Crippen molar-refractivity contribution in [2.45, 2.75) is 30.4 Å². The van der Waals surface area contributed by atoms with Crippen LogP contribution in [0.2, 0.25) is 0 Å². The molecule has 0 bridgehead atoms. The number of amides is 1. The lowest BCUT2D eigenvalue weighted by molar-refractivity contribution is -0.120. The second kappa shape index (κ2) is 12.4. The fraction of sp³-hybridized carbons (Fsp3) is 0.217. The number of phenolic OH excluding ortho intramolecular Hbond substituents is 1. The molecule has 0 aliphatic rings. The number of benzene rings is 2. The second-order valence-corrected chi connectivity index (χ2v) is 9.60. The van der Waals surface area contributed by atoms with Crippen molar-refractivity contribution in [3.63, 3.8) is 0 Å². The fourth-order valence-corrected chi connectivity index (χ4v) is 4.11. The van der Waals surface area contributed by atoms with E-state index in [0.29, 0.717) is 29.6 Å². The highest BCUT2D eigenvalue weighted by Gasteiger charge is 2.19. The highest BCUT2D eigenvalue weighted by molar-refractivity contribution is 14.1. The van der Waals surface area contributed by atoms with Gasteiger partial charge in [-0.25, -0.2) is 5.43 Å². The Labute approximate surface area is 215 Å². The normalized spacial score (nSPS) is 11.9. The van der Waals surface area contributed by atoms with Gasteiger partial charge in [0.15, 0.2) is 22.5 Å². The number of carbonyl (C=O) groups excluding carboxylic acids is 1. The van der Waals surface area contributed by atoms with Crippen LogP contribution in [-0.2, 0) is 17.9 Å². The molecule has 178 valence electrons. The summed E-state index contributed by atoms with van der Waals surface area (Å²) < 4.78 is 8.14. The summed E-state index contributed by atoms with van der Waals surface area (Å²) >= 11 is 3.54. The number of para-hydroxylation sites is 1. The highest BCUT2D eigenvalue weighted by Crippen LogP contribution is 2.28. The maximum absolute atomic E-state index is 12.5. The molecule has 0 aliphatic heterocycles. The van der Waals surface area contributed by atoms with Crippen LogP contribution in [0.1, 0.15) is 18.3 Å². The molecular weight excluding hydrogens is 567 g/mol. The molecule has 0 radical (unpaired) electrons. The van der Waals surface area contributed by atoms with Gasteiger partial charge in [0.25, 0.3) is 5.91 Å².